The third-order valence-electron chi connectivity index (χ3n) is 4.27. The molecule has 1 amide bonds. The van der Waals surface area contributed by atoms with E-state index in [1.165, 1.54) is 11.3 Å². The summed E-state index contributed by atoms with van der Waals surface area (Å²) in [6.07, 6.45) is 0. The number of nitrogens with zero attached hydrogens (tertiary/aromatic N) is 1. The van der Waals surface area contributed by atoms with E-state index in [0.717, 1.165) is 38.3 Å². The van der Waals surface area contributed by atoms with Crippen LogP contribution in [0.15, 0.2) is 60.7 Å². The van der Waals surface area contributed by atoms with Crippen molar-refractivity contribution in [3.05, 3.63) is 81.7 Å². The van der Waals surface area contributed by atoms with Gasteiger partial charge in [-0.25, -0.2) is 4.98 Å². The summed E-state index contributed by atoms with van der Waals surface area (Å²) in [6.45, 7) is 4.03. The maximum atomic E-state index is 13.1. The van der Waals surface area contributed by atoms with E-state index < -0.39 is 0 Å². The molecule has 27 heavy (non-hydrogen) atoms. The van der Waals surface area contributed by atoms with Gasteiger partial charge in [0, 0.05) is 11.1 Å². The van der Waals surface area contributed by atoms with Gasteiger partial charge in [0.25, 0.3) is 5.91 Å². The highest BCUT2D eigenvalue weighted by Gasteiger charge is 2.15. The van der Waals surface area contributed by atoms with Crippen LogP contribution in [-0.2, 0) is 0 Å². The summed E-state index contributed by atoms with van der Waals surface area (Å²) in [5, 5.41) is 3.85. The van der Waals surface area contributed by atoms with Crippen molar-refractivity contribution in [2.75, 3.05) is 5.32 Å². The number of para-hydroxylation sites is 1. The lowest BCUT2D eigenvalue weighted by molar-refractivity contribution is 0.102. The Balaban J connectivity index is 1.80. The van der Waals surface area contributed by atoms with Crippen LogP contribution in [0.1, 0.15) is 21.5 Å². The molecule has 0 spiro atoms. The molecule has 0 bridgehead atoms. The van der Waals surface area contributed by atoms with Gasteiger partial charge in [0.2, 0.25) is 0 Å². The molecule has 0 aliphatic heterocycles. The molecule has 4 aromatic rings. The van der Waals surface area contributed by atoms with Gasteiger partial charge in [0.15, 0.2) is 0 Å². The molecule has 0 aliphatic rings. The van der Waals surface area contributed by atoms with E-state index in [0.29, 0.717) is 9.90 Å². The maximum absolute atomic E-state index is 13.1. The van der Waals surface area contributed by atoms with Crippen molar-refractivity contribution >= 4 is 45.4 Å². The molecule has 0 saturated heterocycles. The molecule has 0 unspecified atom stereocenters. The van der Waals surface area contributed by atoms with Crippen LogP contribution in [0.4, 0.5) is 5.69 Å². The Hall–Kier alpha value is -2.69. The van der Waals surface area contributed by atoms with Gasteiger partial charge in [-0.1, -0.05) is 35.9 Å². The fourth-order valence-electron chi connectivity index (χ4n) is 3.19. The number of nitrogens with one attached hydrogen (secondary N) is 1. The molecule has 2 heterocycles. The SMILES string of the molecule is Cc1cc(C)cc(NC(=O)c2cc(-c3ccc(Cl)s3)nc3ccccc23)c1. The number of pyridine rings is 1. The van der Waals surface area contributed by atoms with Gasteiger partial charge < -0.3 is 5.32 Å². The zero-order chi connectivity index (χ0) is 19.0. The molecule has 2 aromatic carbocycles. The van der Waals surface area contributed by atoms with E-state index in [1.54, 1.807) is 0 Å². The molecule has 0 atom stereocenters. The largest absolute Gasteiger partial charge is 0.322 e. The van der Waals surface area contributed by atoms with Gasteiger partial charge >= 0.3 is 0 Å². The van der Waals surface area contributed by atoms with Gasteiger partial charge in [0.05, 0.1) is 26.0 Å². The number of aryl methyl sites for hydroxylation is 2. The predicted molar refractivity (Wildman–Crippen MR) is 114 cm³/mol. The minimum Gasteiger partial charge on any atom is -0.322 e. The van der Waals surface area contributed by atoms with E-state index in [-0.39, 0.29) is 5.91 Å². The van der Waals surface area contributed by atoms with Crippen molar-refractivity contribution in [1.29, 1.82) is 0 Å². The quantitative estimate of drug-likeness (QED) is 0.433. The molecule has 0 aliphatic carbocycles. The summed E-state index contributed by atoms with van der Waals surface area (Å²) >= 11 is 7.53. The number of carbonyl (C=O) groups is 1. The maximum Gasteiger partial charge on any atom is 0.256 e. The Labute approximate surface area is 166 Å². The van der Waals surface area contributed by atoms with E-state index >= 15 is 0 Å². The lowest BCUT2D eigenvalue weighted by Gasteiger charge is -2.11. The lowest BCUT2D eigenvalue weighted by Crippen LogP contribution is -2.13. The average Bonchev–Trinajstić information content (AvgIpc) is 3.06. The zero-order valence-electron chi connectivity index (χ0n) is 14.9. The third-order valence-corrected chi connectivity index (χ3v) is 5.52. The van der Waals surface area contributed by atoms with Crippen LogP contribution in [0.25, 0.3) is 21.5 Å². The number of hydrogen-bond acceptors (Lipinski definition) is 3. The van der Waals surface area contributed by atoms with Crippen molar-refractivity contribution in [3.8, 4) is 10.6 Å². The first-order chi connectivity index (χ1) is 13.0. The average molecular weight is 393 g/mol. The number of thiophene rings is 1. The molecule has 1 N–H and O–H groups in total. The highest BCUT2D eigenvalue weighted by atomic mass is 35.5. The van der Waals surface area contributed by atoms with Gasteiger partial charge in [-0.15, -0.1) is 11.3 Å². The smallest absolute Gasteiger partial charge is 0.256 e. The minimum atomic E-state index is -0.150. The first-order valence-electron chi connectivity index (χ1n) is 8.55. The number of aromatic nitrogens is 1. The molecule has 4 rings (SSSR count). The summed E-state index contributed by atoms with van der Waals surface area (Å²) in [4.78, 5) is 18.7. The normalized spacial score (nSPS) is 10.9. The van der Waals surface area contributed by atoms with Crippen molar-refractivity contribution in [1.82, 2.24) is 4.98 Å². The number of halogens is 1. The second-order valence-electron chi connectivity index (χ2n) is 6.51. The van der Waals surface area contributed by atoms with E-state index in [2.05, 4.69) is 11.4 Å². The number of anilines is 1. The number of amides is 1. The second-order valence-corrected chi connectivity index (χ2v) is 8.22. The van der Waals surface area contributed by atoms with E-state index in [1.807, 2.05) is 68.4 Å². The molecule has 0 radical (unpaired) electrons. The Morgan fingerprint density at radius 3 is 2.44 bits per heavy atom. The predicted octanol–water partition coefficient (Wildman–Crippen LogP) is 6.49. The van der Waals surface area contributed by atoms with Crippen LogP contribution in [0.3, 0.4) is 0 Å². The Kier molecular flexibility index (Phi) is 4.68. The molecular weight excluding hydrogens is 376 g/mol. The monoisotopic (exact) mass is 392 g/mol. The van der Waals surface area contributed by atoms with Crippen LogP contribution in [0.2, 0.25) is 4.34 Å². The number of benzene rings is 2. The van der Waals surface area contributed by atoms with Gasteiger partial charge in [-0.3, -0.25) is 4.79 Å². The molecular formula is C22H17ClN2OS. The van der Waals surface area contributed by atoms with Crippen LogP contribution < -0.4 is 5.32 Å². The van der Waals surface area contributed by atoms with Crippen molar-refractivity contribution in [3.63, 3.8) is 0 Å². The van der Waals surface area contributed by atoms with Crippen molar-refractivity contribution in [2.45, 2.75) is 13.8 Å². The van der Waals surface area contributed by atoms with Gasteiger partial charge in [-0.2, -0.15) is 0 Å². The molecule has 0 saturated carbocycles. The first kappa shape index (κ1) is 17.7. The highest BCUT2D eigenvalue weighted by molar-refractivity contribution is 7.19. The summed E-state index contributed by atoms with van der Waals surface area (Å²) in [6, 6.07) is 19.3. The topological polar surface area (TPSA) is 42.0 Å². The van der Waals surface area contributed by atoms with Crippen LogP contribution in [0.5, 0.6) is 0 Å². The van der Waals surface area contributed by atoms with Crippen molar-refractivity contribution in [2.24, 2.45) is 0 Å². The summed E-state index contributed by atoms with van der Waals surface area (Å²) < 4.78 is 0.696. The third kappa shape index (κ3) is 3.72. The number of hydrogen-bond donors (Lipinski definition) is 1. The summed E-state index contributed by atoms with van der Waals surface area (Å²) in [5.74, 6) is -0.150. The van der Waals surface area contributed by atoms with E-state index in [4.69, 9.17) is 16.6 Å². The van der Waals surface area contributed by atoms with Gasteiger partial charge in [-0.05, 0) is 61.4 Å². The lowest BCUT2D eigenvalue weighted by atomic mass is 10.1. The number of fused-ring (bicyclic) bond motifs is 1. The molecule has 2 aromatic heterocycles. The zero-order valence-corrected chi connectivity index (χ0v) is 16.5. The molecule has 134 valence electrons. The minimum absolute atomic E-state index is 0.150. The summed E-state index contributed by atoms with van der Waals surface area (Å²) in [7, 11) is 0. The standard InChI is InChI=1S/C22H17ClN2OS/c1-13-9-14(2)11-15(10-13)24-22(26)17-12-19(20-7-8-21(23)27-20)25-18-6-4-3-5-16(17)18/h3-12H,1-2H3,(H,24,26). The molecule has 3 nitrogen and oxygen atoms in total. The second kappa shape index (κ2) is 7.14. The van der Waals surface area contributed by atoms with Crippen LogP contribution >= 0.6 is 22.9 Å². The number of rotatable bonds is 3. The first-order valence-corrected chi connectivity index (χ1v) is 9.74. The van der Waals surface area contributed by atoms with E-state index in [9.17, 15) is 4.79 Å². The fraction of sp³-hybridized carbons (Fsp3) is 0.0909. The van der Waals surface area contributed by atoms with Crippen molar-refractivity contribution < 1.29 is 4.79 Å². The summed E-state index contributed by atoms with van der Waals surface area (Å²) in [5.41, 5.74) is 5.14. The highest BCUT2D eigenvalue weighted by Crippen LogP contribution is 2.32. The van der Waals surface area contributed by atoms with Gasteiger partial charge in [0.1, 0.15) is 0 Å². The molecule has 5 heteroatoms. The van der Waals surface area contributed by atoms with Crippen LogP contribution in [-0.4, -0.2) is 10.9 Å². The van der Waals surface area contributed by atoms with Crippen LogP contribution in [0, 0.1) is 13.8 Å². The number of carbonyl (C=O) groups excluding carboxylic acids is 1. The Bertz CT molecular complexity index is 1150. The fourth-order valence-corrected chi connectivity index (χ4v) is 4.19. The molecule has 0 fully saturated rings. The Morgan fingerprint density at radius 1 is 1.00 bits per heavy atom. The Morgan fingerprint density at radius 2 is 1.74 bits per heavy atom.